The Morgan fingerprint density at radius 3 is 2.63 bits per heavy atom. The normalized spacial score (nSPS) is 20.7. The summed E-state index contributed by atoms with van der Waals surface area (Å²) in [7, 11) is 0. The second kappa shape index (κ2) is 9.65. The number of nitrogens with zero attached hydrogens (tertiary/aromatic N) is 4. The van der Waals surface area contributed by atoms with Crippen LogP contribution in [0, 0.1) is 10.7 Å². The van der Waals surface area contributed by atoms with Gasteiger partial charge >= 0.3 is 174 Å². The monoisotopic (exact) mass is 789 g/mol. The molecule has 5 nitrogen and oxygen atoms in total. The van der Waals surface area contributed by atoms with E-state index in [0.717, 1.165) is 74.8 Å². The number of aryl methyl sites for hydroxylation is 3. The molecule has 0 bridgehead atoms. The van der Waals surface area contributed by atoms with E-state index in [1.165, 1.54) is 10.1 Å². The van der Waals surface area contributed by atoms with Crippen LogP contribution in [0.2, 0.25) is 0 Å². The van der Waals surface area contributed by atoms with E-state index < -0.39 is 13.8 Å². The van der Waals surface area contributed by atoms with Gasteiger partial charge in [-0.1, -0.05) is 57.2 Å². The topological polar surface area (TPSA) is 36.4 Å². The summed E-state index contributed by atoms with van der Waals surface area (Å²) in [5.74, 6) is 1.15. The first-order valence-electron chi connectivity index (χ1n) is 18.7. The van der Waals surface area contributed by atoms with Gasteiger partial charge in [0, 0.05) is 20.5 Å². The fourth-order valence-electron chi connectivity index (χ4n) is 8.11. The quantitative estimate of drug-likeness (QED) is 0.167. The minimum Gasteiger partial charge on any atom is -0.0619 e. The van der Waals surface area contributed by atoms with Crippen LogP contribution >= 0.6 is 0 Å². The molecule has 46 heavy (non-hydrogen) atoms. The maximum Gasteiger partial charge on any atom is 0.0197 e. The Kier molecular flexibility index (Phi) is 4.69. The molecule has 0 N–H and O–H groups in total. The van der Waals surface area contributed by atoms with Gasteiger partial charge in [0.2, 0.25) is 0 Å². The molecule has 1 atom stereocenters. The van der Waals surface area contributed by atoms with Crippen molar-refractivity contribution in [2.75, 3.05) is 0 Å². The molecule has 1 aliphatic heterocycles. The minimum absolute atomic E-state index is 0.285. The molecule has 4 heterocycles. The van der Waals surface area contributed by atoms with Crippen LogP contribution in [-0.4, -0.2) is 18.5 Å². The van der Waals surface area contributed by atoms with Gasteiger partial charge in [0.05, 0.1) is 0 Å². The number of benzene rings is 4. The van der Waals surface area contributed by atoms with E-state index in [2.05, 4.69) is 49.4 Å². The summed E-state index contributed by atoms with van der Waals surface area (Å²) >= 11 is 2.02. The van der Waals surface area contributed by atoms with Crippen LogP contribution < -0.4 is 4.74 Å². The fourth-order valence-corrected chi connectivity index (χ4v) is 8.74. The first-order valence-corrected chi connectivity index (χ1v) is 16.8. The first-order chi connectivity index (χ1) is 24.6. The van der Waals surface area contributed by atoms with Crippen LogP contribution in [0.15, 0.2) is 91.3 Å². The van der Waals surface area contributed by atoms with Crippen LogP contribution in [0.1, 0.15) is 64.2 Å². The van der Waals surface area contributed by atoms with Crippen molar-refractivity contribution >= 4 is 27.3 Å². The molecule has 9 rings (SSSR count). The van der Waals surface area contributed by atoms with Gasteiger partial charge in [0.15, 0.2) is 0 Å². The number of fused-ring (bicyclic) bond motifs is 5. The molecule has 0 saturated heterocycles. The Morgan fingerprint density at radius 2 is 1.78 bits per heavy atom. The van der Waals surface area contributed by atoms with Gasteiger partial charge in [-0.05, 0) is 37.2 Å². The molecule has 6 heteroatoms. The predicted molar refractivity (Wildman–Crippen MR) is 182 cm³/mol. The van der Waals surface area contributed by atoms with Crippen LogP contribution in [-0.2, 0) is 43.6 Å². The molecular formula is C40H36N4OPt. The molecular weight excluding hydrogens is 748 g/mol. The van der Waals surface area contributed by atoms with Crippen molar-refractivity contribution in [3.05, 3.63) is 117 Å². The van der Waals surface area contributed by atoms with Crippen LogP contribution in [0.5, 0.6) is 11.5 Å². The molecule has 7 aromatic rings. The summed E-state index contributed by atoms with van der Waals surface area (Å²) in [6.45, 7) is 2.35. The Balaban J connectivity index is 1.32. The average Bonchev–Trinajstić information content (AvgIpc) is 3.68. The Bertz CT molecular complexity index is 2700. The molecule has 232 valence electrons. The summed E-state index contributed by atoms with van der Waals surface area (Å²) in [5, 5.41) is 2.36. The molecule has 0 fully saturated rings. The molecule has 2 aliphatic rings. The average molecular weight is 790 g/mol. The minimum atomic E-state index is -2.34. The third-order valence-corrected chi connectivity index (χ3v) is 11.9. The van der Waals surface area contributed by atoms with E-state index in [1.807, 2.05) is 74.0 Å². The van der Waals surface area contributed by atoms with E-state index in [-0.39, 0.29) is 10.8 Å². The van der Waals surface area contributed by atoms with Gasteiger partial charge < -0.3 is 0 Å². The largest absolute Gasteiger partial charge is 0.0619 e. The van der Waals surface area contributed by atoms with E-state index in [4.69, 9.17) is 17.9 Å². The summed E-state index contributed by atoms with van der Waals surface area (Å²) in [5.41, 5.74) is 7.81. The summed E-state index contributed by atoms with van der Waals surface area (Å²) < 4.78 is 61.9. The number of pyridine rings is 1. The molecule has 1 unspecified atom stereocenters. The van der Waals surface area contributed by atoms with Gasteiger partial charge in [-0.15, -0.1) is 0 Å². The van der Waals surface area contributed by atoms with Crippen LogP contribution in [0.3, 0.4) is 0 Å². The zero-order valence-corrected chi connectivity index (χ0v) is 28.1. The zero-order chi connectivity index (χ0) is 36.5. The summed E-state index contributed by atoms with van der Waals surface area (Å²) in [6.07, 6.45) is 6.23. The maximum absolute atomic E-state index is 8.65. The molecule has 0 amide bonds. The van der Waals surface area contributed by atoms with Gasteiger partial charge in [0.1, 0.15) is 0 Å². The van der Waals surface area contributed by atoms with Gasteiger partial charge in [0.25, 0.3) is 0 Å². The molecule has 0 radical (unpaired) electrons. The van der Waals surface area contributed by atoms with E-state index in [1.54, 1.807) is 17.0 Å². The number of rotatable bonds is 3. The van der Waals surface area contributed by atoms with Gasteiger partial charge in [-0.3, -0.25) is 0 Å². The summed E-state index contributed by atoms with van der Waals surface area (Å²) in [6, 6.07) is 25.8. The Labute approximate surface area is 287 Å². The van der Waals surface area contributed by atoms with Crippen molar-refractivity contribution in [1.29, 1.82) is 0 Å². The van der Waals surface area contributed by atoms with Crippen molar-refractivity contribution < 1.29 is 32.3 Å². The molecule has 3 aromatic heterocycles. The number of ether oxygens (including phenoxy) is 1. The predicted octanol–water partition coefficient (Wildman–Crippen LogP) is 9.50. The SMILES string of the molecule is [2H]C([2H])([2H])c1ccc2c3c1c1ccc(Oc4cccc(-n5ccn(C([2H])([2H])[2H])[c]5=[Pt])c4)cc1c1nc4c(n13)C(C)(CCCc1ccccc1-4)C2(C)C. The third-order valence-electron chi connectivity index (χ3n) is 10.8. The molecule has 0 spiro atoms. The Morgan fingerprint density at radius 1 is 0.913 bits per heavy atom. The van der Waals surface area contributed by atoms with Crippen molar-refractivity contribution in [3.63, 3.8) is 0 Å². The number of imidazole rings is 2. The number of hydrogen-bond donors (Lipinski definition) is 0. The van der Waals surface area contributed by atoms with Crippen molar-refractivity contribution in [2.45, 2.75) is 57.7 Å². The van der Waals surface area contributed by atoms with Crippen molar-refractivity contribution in [1.82, 2.24) is 18.5 Å². The standard InChI is InChI=1S/C40H36N4O.Pt/c1-25-15-18-33-36-34(25)31-17-16-29(45-28-13-8-12-27(22-28)43-21-20-42(5)24-43)23-32(31)38-41-35-30-14-7-6-10-26(30)11-9-19-40(4,39(33,2)3)37(35)44(36)38;/h6-8,10,12-18,20-23H,9,11,19H2,1-5H3;/i1D3,5D3;. The smallest absolute Gasteiger partial charge is 0.0197 e. The molecule has 4 aromatic carbocycles. The van der Waals surface area contributed by atoms with E-state index in [9.17, 15) is 0 Å². The number of aromatic nitrogens is 4. The maximum atomic E-state index is 8.65. The zero-order valence-electron chi connectivity index (χ0n) is 31.8. The van der Waals surface area contributed by atoms with E-state index in [0.29, 0.717) is 20.9 Å². The van der Waals surface area contributed by atoms with Gasteiger partial charge in [-0.2, -0.15) is 0 Å². The second-order valence-corrected chi connectivity index (χ2v) is 14.4. The second-order valence-electron chi connectivity index (χ2n) is 13.4. The fraction of sp³-hybridized carbons (Fsp3) is 0.250. The van der Waals surface area contributed by atoms with Crippen molar-refractivity contribution in [3.8, 4) is 28.4 Å². The molecule has 0 saturated carbocycles. The first kappa shape index (κ1) is 22.3. The van der Waals surface area contributed by atoms with Gasteiger partial charge in [-0.25, -0.2) is 0 Å². The Hall–Kier alpha value is -4.21. The summed E-state index contributed by atoms with van der Waals surface area (Å²) in [4.78, 5) is 5.51. The number of hydrogen-bond acceptors (Lipinski definition) is 2. The third kappa shape index (κ3) is 3.67. The van der Waals surface area contributed by atoms with Crippen LogP contribution in [0.25, 0.3) is 44.3 Å². The van der Waals surface area contributed by atoms with E-state index >= 15 is 0 Å². The van der Waals surface area contributed by atoms with Crippen LogP contribution in [0.4, 0.5) is 0 Å². The van der Waals surface area contributed by atoms with Crippen molar-refractivity contribution in [2.24, 2.45) is 6.98 Å². The molecule has 1 aliphatic carbocycles.